The molecule has 3 rings (SSSR count). The summed E-state index contributed by atoms with van der Waals surface area (Å²) in [6.45, 7) is 6.55. The zero-order valence-corrected chi connectivity index (χ0v) is 29.3. The molecule has 1 aliphatic heterocycles. The molecule has 1 fully saturated rings. The van der Waals surface area contributed by atoms with E-state index in [4.69, 9.17) is 14.0 Å². The summed E-state index contributed by atoms with van der Waals surface area (Å²) < 4.78 is 38.8. The Hall–Kier alpha value is -3.30. The minimum atomic E-state index is -1.21. The van der Waals surface area contributed by atoms with Crippen molar-refractivity contribution >= 4 is 30.0 Å². The van der Waals surface area contributed by atoms with Crippen molar-refractivity contribution in [1.82, 2.24) is 21.3 Å². The second kappa shape index (κ2) is 21.7. The average molecular weight is 709 g/mol. The van der Waals surface area contributed by atoms with E-state index in [9.17, 15) is 28.3 Å². The van der Waals surface area contributed by atoms with E-state index in [1.54, 1.807) is 0 Å². The highest BCUT2D eigenvalue weighted by atomic mass is 32.2. The van der Waals surface area contributed by atoms with Crippen LogP contribution in [0.4, 0.5) is 13.6 Å². The second-order valence-corrected chi connectivity index (χ2v) is 12.9. The van der Waals surface area contributed by atoms with Gasteiger partial charge < -0.3 is 31.1 Å². The number of amides is 3. The summed E-state index contributed by atoms with van der Waals surface area (Å²) in [5, 5.41) is 22.4. The van der Waals surface area contributed by atoms with Crippen molar-refractivity contribution in [3.63, 3.8) is 0 Å². The highest BCUT2D eigenvalue weighted by Crippen LogP contribution is 2.17. The average Bonchev–Trinajstić information content (AvgIpc) is 3.49. The Balaban J connectivity index is 1.71. The predicted octanol–water partition coefficient (Wildman–Crippen LogP) is 4.64. The minimum Gasteiger partial charge on any atom is -0.447 e. The van der Waals surface area contributed by atoms with Crippen LogP contribution in [0, 0.1) is 11.6 Å². The third-order valence-electron chi connectivity index (χ3n) is 8.04. The van der Waals surface area contributed by atoms with Crippen LogP contribution in [0.25, 0.3) is 0 Å². The molecule has 2 aromatic carbocycles. The van der Waals surface area contributed by atoms with Crippen molar-refractivity contribution in [2.75, 3.05) is 18.9 Å². The normalized spacial score (nSPS) is 16.2. The number of halogens is 2. The summed E-state index contributed by atoms with van der Waals surface area (Å²) in [5.41, 5.74) is 2.41. The molecule has 1 heterocycles. The molecular formula is C35H50F2N4O7S. The minimum absolute atomic E-state index is 0.0499. The van der Waals surface area contributed by atoms with Gasteiger partial charge in [-0.3, -0.25) is 9.59 Å². The molecule has 14 heteroatoms. The Morgan fingerprint density at radius 2 is 1.73 bits per heavy atom. The van der Waals surface area contributed by atoms with Crippen molar-refractivity contribution < 1.29 is 42.2 Å². The van der Waals surface area contributed by atoms with Gasteiger partial charge in [-0.15, -0.1) is 0 Å². The maximum atomic E-state index is 14.1. The van der Waals surface area contributed by atoms with Gasteiger partial charge >= 0.3 is 6.09 Å². The van der Waals surface area contributed by atoms with E-state index in [-0.39, 0.29) is 48.9 Å². The molecule has 0 spiro atoms. The maximum absolute atomic E-state index is 14.1. The van der Waals surface area contributed by atoms with Gasteiger partial charge in [-0.1, -0.05) is 57.9 Å². The van der Waals surface area contributed by atoms with E-state index in [0.717, 1.165) is 67.9 Å². The van der Waals surface area contributed by atoms with E-state index in [1.807, 2.05) is 32.0 Å². The zero-order valence-electron chi connectivity index (χ0n) is 28.5. The molecule has 11 nitrogen and oxygen atoms in total. The molecule has 1 unspecified atom stereocenters. The fourth-order valence-electron chi connectivity index (χ4n) is 5.42. The Bertz CT molecular complexity index is 1310. The first-order valence-electron chi connectivity index (χ1n) is 17.0. The number of alkyl carbamates (subject to hydrolysis) is 1. The molecule has 0 aromatic heterocycles. The summed E-state index contributed by atoms with van der Waals surface area (Å²) in [7, 11) is 0. The standard InChI is InChI=1S/C35H50F2N4O7S/c1-4-8-29(9-5-2)47-48-49-22-31(41-35(45)46-21-28-12-13-33(43)39-28)34(44)40-30(17-25-15-26(36)18-27(37)16-25)32(42)20-38-19-24-11-7-10-23(6-3)14-24/h7,10-11,14-16,18,28-32,38,42H,4-6,8-9,12-13,17,19-22H2,1-3H3,(H,39,43)(H,40,44)(H,41,45)/t28-,30+,31?,32-/m1/s1. The highest BCUT2D eigenvalue weighted by molar-refractivity contribution is 7.94. The van der Waals surface area contributed by atoms with Crippen LogP contribution < -0.4 is 21.3 Å². The number of hydrogen-bond donors (Lipinski definition) is 5. The van der Waals surface area contributed by atoms with Gasteiger partial charge in [0.25, 0.3) is 0 Å². The van der Waals surface area contributed by atoms with Gasteiger partial charge in [-0.2, -0.15) is 4.33 Å². The number of aryl methyl sites for hydroxylation is 1. The van der Waals surface area contributed by atoms with Gasteiger partial charge in [0.05, 0.1) is 30.0 Å². The van der Waals surface area contributed by atoms with Crippen LogP contribution in [0.3, 0.4) is 0 Å². The lowest BCUT2D eigenvalue weighted by Crippen LogP contribution is -2.55. The van der Waals surface area contributed by atoms with E-state index >= 15 is 0 Å². The molecule has 0 radical (unpaired) electrons. The molecule has 4 atom stereocenters. The van der Waals surface area contributed by atoms with Crippen molar-refractivity contribution in [1.29, 1.82) is 0 Å². The van der Waals surface area contributed by atoms with Crippen LogP contribution >= 0.6 is 12.0 Å². The first kappa shape index (κ1) is 40.1. The van der Waals surface area contributed by atoms with Crippen molar-refractivity contribution in [3.8, 4) is 0 Å². The second-order valence-electron chi connectivity index (χ2n) is 12.2. The molecule has 0 aliphatic carbocycles. The molecule has 5 N–H and O–H groups in total. The third kappa shape index (κ3) is 15.0. The zero-order chi connectivity index (χ0) is 35.6. The first-order chi connectivity index (χ1) is 23.6. The van der Waals surface area contributed by atoms with E-state index < -0.39 is 41.8 Å². The third-order valence-corrected chi connectivity index (χ3v) is 8.69. The number of rotatable bonds is 22. The number of carbonyl (C=O) groups excluding carboxylic acids is 3. The SMILES string of the molecule is CCCC(CCC)OOSCC(NC(=O)OC[C@H]1CCC(=O)N1)C(=O)N[C@@H](Cc1cc(F)cc(F)c1)[C@H](O)CNCc1cccc(CC)c1. The van der Waals surface area contributed by atoms with Crippen molar-refractivity contribution in [3.05, 3.63) is 70.8 Å². The predicted molar refractivity (Wildman–Crippen MR) is 183 cm³/mol. The van der Waals surface area contributed by atoms with E-state index in [2.05, 4.69) is 34.3 Å². The molecule has 0 saturated carbocycles. The highest BCUT2D eigenvalue weighted by Gasteiger charge is 2.29. The van der Waals surface area contributed by atoms with Crippen molar-refractivity contribution in [2.45, 2.75) is 109 Å². The molecule has 1 aliphatic rings. The lowest BCUT2D eigenvalue weighted by atomic mass is 10.00. The fourth-order valence-corrected chi connectivity index (χ4v) is 6.02. The Morgan fingerprint density at radius 1 is 1.02 bits per heavy atom. The first-order valence-corrected chi connectivity index (χ1v) is 17.9. The summed E-state index contributed by atoms with van der Waals surface area (Å²) in [5.74, 6) is -2.48. The molecule has 2 aromatic rings. The van der Waals surface area contributed by atoms with Crippen LogP contribution in [0.5, 0.6) is 0 Å². The molecule has 49 heavy (non-hydrogen) atoms. The summed E-state index contributed by atoms with van der Waals surface area (Å²) >= 11 is 0.829. The number of ether oxygens (including phenoxy) is 1. The van der Waals surface area contributed by atoms with E-state index in [0.29, 0.717) is 19.4 Å². The Kier molecular flexibility index (Phi) is 17.8. The number of carbonyl (C=O) groups is 3. The van der Waals surface area contributed by atoms with E-state index in [1.165, 1.54) is 5.56 Å². The van der Waals surface area contributed by atoms with Crippen LogP contribution in [-0.4, -0.2) is 72.3 Å². The molecule has 272 valence electrons. The lowest BCUT2D eigenvalue weighted by Gasteiger charge is -2.27. The van der Waals surface area contributed by atoms with Gasteiger partial charge in [0.1, 0.15) is 24.3 Å². The monoisotopic (exact) mass is 708 g/mol. The number of nitrogens with one attached hydrogen (secondary N) is 4. The Labute approximate surface area is 291 Å². The van der Waals surface area contributed by atoms with Gasteiger partial charge in [0.15, 0.2) is 0 Å². The van der Waals surface area contributed by atoms with Crippen LogP contribution in [0.1, 0.15) is 76.0 Å². The fraction of sp³-hybridized carbons (Fsp3) is 0.571. The smallest absolute Gasteiger partial charge is 0.407 e. The molecule has 3 amide bonds. The van der Waals surface area contributed by atoms with Crippen molar-refractivity contribution in [2.24, 2.45) is 0 Å². The van der Waals surface area contributed by atoms with Gasteiger partial charge in [0.2, 0.25) is 11.8 Å². The molecule has 1 saturated heterocycles. The van der Waals surface area contributed by atoms with Crippen LogP contribution in [-0.2, 0) is 42.9 Å². The molecular weight excluding hydrogens is 658 g/mol. The number of benzene rings is 2. The summed E-state index contributed by atoms with van der Waals surface area (Å²) in [4.78, 5) is 43.5. The number of hydrogen-bond acceptors (Lipinski definition) is 9. The summed E-state index contributed by atoms with van der Waals surface area (Å²) in [6, 6.07) is 8.47. The number of aliphatic hydroxyl groups excluding tert-OH is 1. The van der Waals surface area contributed by atoms with Gasteiger partial charge in [-0.25, -0.2) is 18.5 Å². The van der Waals surface area contributed by atoms with Gasteiger partial charge in [-0.05, 0) is 60.9 Å². The molecule has 0 bridgehead atoms. The largest absolute Gasteiger partial charge is 0.447 e. The van der Waals surface area contributed by atoms with Crippen LogP contribution in [0.2, 0.25) is 0 Å². The number of aliphatic hydroxyl groups is 1. The lowest BCUT2D eigenvalue weighted by molar-refractivity contribution is -0.234. The maximum Gasteiger partial charge on any atom is 0.407 e. The Morgan fingerprint density at radius 3 is 2.39 bits per heavy atom. The topological polar surface area (TPSA) is 147 Å². The summed E-state index contributed by atoms with van der Waals surface area (Å²) in [6.07, 6.45) is 2.82. The quantitative estimate of drug-likeness (QED) is 0.0511. The van der Waals surface area contributed by atoms with Gasteiger partial charge in [0, 0.05) is 37.6 Å². The van der Waals surface area contributed by atoms with Crippen LogP contribution in [0.15, 0.2) is 42.5 Å².